The monoisotopic (exact) mass is 325 g/mol. The maximum atomic E-state index is 5.94. The van der Waals surface area contributed by atoms with Gasteiger partial charge in [0, 0.05) is 24.4 Å². The number of rotatable bonds is 6. The summed E-state index contributed by atoms with van der Waals surface area (Å²) in [5.74, 6) is 0.803. The summed E-state index contributed by atoms with van der Waals surface area (Å²) in [4.78, 5) is 9.16. The Morgan fingerprint density at radius 1 is 1.12 bits per heavy atom. The molecule has 128 valence electrons. The highest BCUT2D eigenvalue weighted by Gasteiger charge is 2.19. The second kappa shape index (κ2) is 8.22. The van der Waals surface area contributed by atoms with Crippen LogP contribution in [0, 0.1) is 5.92 Å². The van der Waals surface area contributed by atoms with E-state index in [0.29, 0.717) is 12.6 Å². The molecule has 3 rings (SSSR count). The van der Waals surface area contributed by atoms with Crippen molar-refractivity contribution < 1.29 is 0 Å². The van der Waals surface area contributed by atoms with Gasteiger partial charge in [-0.3, -0.25) is 4.98 Å². The molecule has 1 aliphatic carbocycles. The first-order chi connectivity index (χ1) is 11.8. The lowest BCUT2D eigenvalue weighted by atomic mass is 9.84. The summed E-state index contributed by atoms with van der Waals surface area (Å²) < 4.78 is 0. The number of benzene rings is 1. The van der Waals surface area contributed by atoms with Gasteiger partial charge in [-0.25, -0.2) is 4.98 Å². The summed E-state index contributed by atoms with van der Waals surface area (Å²) in [6, 6.07) is 8.42. The third-order valence-corrected chi connectivity index (χ3v) is 4.91. The van der Waals surface area contributed by atoms with Crippen LogP contribution in [-0.2, 0) is 0 Å². The van der Waals surface area contributed by atoms with Crippen LogP contribution in [0.15, 0.2) is 36.7 Å². The molecule has 5 N–H and O–H groups in total. The molecular formula is C19H27N5. The maximum absolute atomic E-state index is 5.94. The van der Waals surface area contributed by atoms with Crippen LogP contribution in [0.5, 0.6) is 0 Å². The van der Waals surface area contributed by atoms with Gasteiger partial charge >= 0.3 is 0 Å². The number of nitrogens with two attached hydrogens (primary N) is 2. The number of nitrogens with one attached hydrogen (secondary N) is 1. The quantitative estimate of drug-likeness (QED) is 0.759. The third kappa shape index (κ3) is 4.10. The Kier molecular flexibility index (Phi) is 5.77. The summed E-state index contributed by atoms with van der Waals surface area (Å²) >= 11 is 0. The summed E-state index contributed by atoms with van der Waals surface area (Å²) in [7, 11) is 0. The first-order valence-corrected chi connectivity index (χ1v) is 8.87. The van der Waals surface area contributed by atoms with Crippen LogP contribution in [0.1, 0.15) is 37.8 Å². The van der Waals surface area contributed by atoms with Crippen LogP contribution in [0.2, 0.25) is 0 Å². The Labute approximate surface area is 143 Å². The van der Waals surface area contributed by atoms with Crippen molar-refractivity contribution in [2.45, 2.75) is 38.1 Å². The number of hydrogen-bond acceptors (Lipinski definition) is 5. The summed E-state index contributed by atoms with van der Waals surface area (Å²) in [5.41, 5.74) is 15.2. The van der Waals surface area contributed by atoms with Gasteiger partial charge in [0.15, 0.2) is 0 Å². The van der Waals surface area contributed by atoms with Crippen molar-refractivity contribution in [2.24, 2.45) is 17.4 Å². The van der Waals surface area contributed by atoms with E-state index in [1.54, 1.807) is 6.20 Å². The molecule has 0 radical (unpaired) electrons. The van der Waals surface area contributed by atoms with Crippen LogP contribution in [0.25, 0.3) is 16.6 Å². The lowest BCUT2D eigenvalue weighted by molar-refractivity contribution is 0.296. The average Bonchev–Trinajstić information content (AvgIpc) is 2.64. The van der Waals surface area contributed by atoms with Gasteiger partial charge in [0.05, 0.1) is 22.9 Å². The van der Waals surface area contributed by atoms with E-state index >= 15 is 0 Å². The normalized spacial score (nSPS) is 21.8. The molecule has 2 aromatic rings. The van der Waals surface area contributed by atoms with Crippen LogP contribution in [0.3, 0.4) is 0 Å². The van der Waals surface area contributed by atoms with Gasteiger partial charge in [-0.1, -0.05) is 12.1 Å². The Hall–Kier alpha value is -1.98. The van der Waals surface area contributed by atoms with Crippen molar-refractivity contribution in [1.82, 2.24) is 15.3 Å². The Balaban J connectivity index is 1.65. The van der Waals surface area contributed by atoms with E-state index in [-0.39, 0.29) is 0 Å². The number of nitrogens with zero attached hydrogens (tertiary/aromatic N) is 2. The number of hydrogen-bond donors (Lipinski definition) is 3. The zero-order valence-corrected chi connectivity index (χ0v) is 14.1. The molecule has 0 atom stereocenters. The molecule has 1 aromatic carbocycles. The largest absolute Gasteiger partial charge is 0.388 e. The number of aromatic nitrogens is 2. The van der Waals surface area contributed by atoms with E-state index in [0.717, 1.165) is 41.2 Å². The van der Waals surface area contributed by atoms with E-state index < -0.39 is 0 Å². The summed E-state index contributed by atoms with van der Waals surface area (Å²) in [6.45, 7) is 1.25. The molecule has 5 nitrogen and oxygen atoms in total. The molecule has 0 saturated heterocycles. The highest BCUT2D eigenvalue weighted by molar-refractivity contribution is 5.76. The minimum atomic E-state index is 0.447. The van der Waals surface area contributed by atoms with Crippen LogP contribution in [-0.4, -0.2) is 29.1 Å². The highest BCUT2D eigenvalue weighted by atomic mass is 14.9. The van der Waals surface area contributed by atoms with Crippen molar-refractivity contribution in [3.8, 4) is 0 Å². The summed E-state index contributed by atoms with van der Waals surface area (Å²) in [6.07, 6.45) is 9.91. The van der Waals surface area contributed by atoms with Gasteiger partial charge in [0.1, 0.15) is 0 Å². The van der Waals surface area contributed by atoms with Crippen molar-refractivity contribution >= 4 is 16.6 Å². The predicted octanol–water partition coefficient (Wildman–Crippen LogP) is 2.43. The zero-order chi connectivity index (χ0) is 16.8. The molecule has 1 aliphatic rings. The molecule has 0 amide bonds. The van der Waals surface area contributed by atoms with Crippen LogP contribution in [0.4, 0.5) is 0 Å². The minimum Gasteiger partial charge on any atom is -0.388 e. The van der Waals surface area contributed by atoms with Gasteiger partial charge in [0.25, 0.3) is 0 Å². The lowest BCUT2D eigenvalue weighted by Gasteiger charge is -2.28. The van der Waals surface area contributed by atoms with Crippen LogP contribution >= 0.6 is 0 Å². The Morgan fingerprint density at radius 3 is 2.58 bits per heavy atom. The predicted molar refractivity (Wildman–Crippen MR) is 99.1 cm³/mol. The van der Waals surface area contributed by atoms with Crippen molar-refractivity contribution in [3.05, 3.63) is 42.4 Å². The molecule has 0 aliphatic heterocycles. The molecule has 1 fully saturated rings. The molecule has 0 spiro atoms. The fourth-order valence-corrected chi connectivity index (χ4v) is 3.42. The van der Waals surface area contributed by atoms with Crippen LogP contribution < -0.4 is 16.8 Å². The summed E-state index contributed by atoms with van der Waals surface area (Å²) in [5, 5.41) is 3.54. The van der Waals surface area contributed by atoms with E-state index in [1.807, 2.05) is 30.5 Å². The van der Waals surface area contributed by atoms with Gasteiger partial charge in [0.2, 0.25) is 0 Å². The van der Waals surface area contributed by atoms with E-state index in [4.69, 9.17) is 11.5 Å². The fourth-order valence-electron chi connectivity index (χ4n) is 3.42. The van der Waals surface area contributed by atoms with E-state index in [1.165, 1.54) is 25.7 Å². The SMILES string of the molecule is NCCC1CCC(N/C=C(\CN)c2cnc3ccccc3n2)CC1. The van der Waals surface area contributed by atoms with E-state index in [2.05, 4.69) is 15.3 Å². The van der Waals surface area contributed by atoms with Gasteiger partial charge < -0.3 is 16.8 Å². The topological polar surface area (TPSA) is 89.8 Å². The van der Waals surface area contributed by atoms with Crippen molar-refractivity contribution in [1.29, 1.82) is 0 Å². The molecule has 5 heteroatoms. The Bertz CT molecular complexity index is 689. The standard InChI is InChI=1S/C19H27N5/c20-10-9-14-5-7-16(8-6-14)22-12-15(11-21)19-13-23-17-3-1-2-4-18(17)24-19/h1-4,12-14,16,22H,5-11,20-21H2/b15-12+. The first kappa shape index (κ1) is 16.9. The molecule has 0 unspecified atom stereocenters. The van der Waals surface area contributed by atoms with Gasteiger partial charge in [-0.05, 0) is 56.7 Å². The van der Waals surface area contributed by atoms with Gasteiger partial charge in [-0.2, -0.15) is 0 Å². The smallest absolute Gasteiger partial charge is 0.0894 e. The lowest BCUT2D eigenvalue weighted by Crippen LogP contribution is -2.30. The second-order valence-electron chi connectivity index (χ2n) is 6.58. The molecule has 1 heterocycles. The number of fused-ring (bicyclic) bond motifs is 1. The average molecular weight is 325 g/mol. The first-order valence-electron chi connectivity index (χ1n) is 8.87. The number of para-hydroxylation sites is 2. The highest BCUT2D eigenvalue weighted by Crippen LogP contribution is 2.26. The second-order valence-corrected chi connectivity index (χ2v) is 6.58. The minimum absolute atomic E-state index is 0.447. The molecule has 1 saturated carbocycles. The fraction of sp³-hybridized carbons (Fsp3) is 0.474. The maximum Gasteiger partial charge on any atom is 0.0894 e. The molecule has 24 heavy (non-hydrogen) atoms. The van der Waals surface area contributed by atoms with Crippen molar-refractivity contribution in [2.75, 3.05) is 13.1 Å². The third-order valence-electron chi connectivity index (χ3n) is 4.91. The van der Waals surface area contributed by atoms with Gasteiger partial charge in [-0.15, -0.1) is 0 Å². The molecule has 1 aromatic heterocycles. The van der Waals surface area contributed by atoms with E-state index in [9.17, 15) is 0 Å². The molecule has 0 bridgehead atoms. The zero-order valence-electron chi connectivity index (χ0n) is 14.1. The Morgan fingerprint density at radius 2 is 1.88 bits per heavy atom. The molecular weight excluding hydrogens is 298 g/mol. The van der Waals surface area contributed by atoms with Crippen molar-refractivity contribution in [3.63, 3.8) is 0 Å².